The van der Waals surface area contributed by atoms with E-state index in [-0.39, 0.29) is 0 Å². The maximum absolute atomic E-state index is 11.2. The number of thiophene rings is 1. The van der Waals surface area contributed by atoms with Crippen LogP contribution in [0.5, 0.6) is 0 Å². The smallest absolute Gasteiger partial charge is 0.248 e. The first-order valence-corrected chi connectivity index (χ1v) is 8.44. The van der Waals surface area contributed by atoms with Gasteiger partial charge in [-0.25, -0.2) is 9.97 Å². The second-order valence-corrected chi connectivity index (χ2v) is 6.65. The van der Waals surface area contributed by atoms with Crippen molar-refractivity contribution < 1.29 is 4.79 Å². The van der Waals surface area contributed by atoms with Crippen LogP contribution >= 0.6 is 11.3 Å². The molecular formula is C17H16N4OS. The average molecular weight is 324 g/mol. The zero-order chi connectivity index (χ0) is 15.8. The molecule has 3 aromatic rings. The molecule has 0 unspecified atom stereocenters. The van der Waals surface area contributed by atoms with Crippen molar-refractivity contribution in [2.45, 2.75) is 25.4 Å². The van der Waals surface area contributed by atoms with Gasteiger partial charge in [0.2, 0.25) is 5.91 Å². The third-order valence-electron chi connectivity index (χ3n) is 4.09. The quantitative estimate of drug-likeness (QED) is 0.783. The Morgan fingerprint density at radius 2 is 2.00 bits per heavy atom. The van der Waals surface area contributed by atoms with E-state index in [0.717, 1.165) is 28.1 Å². The van der Waals surface area contributed by atoms with Crippen LogP contribution in [0, 0.1) is 0 Å². The molecule has 0 atom stereocenters. The highest BCUT2D eigenvalue weighted by molar-refractivity contribution is 7.16. The topological polar surface area (TPSA) is 72.1 Å². The molecule has 0 bridgehead atoms. The number of primary amides is 1. The van der Waals surface area contributed by atoms with Crippen LogP contribution < -0.4 is 10.6 Å². The Bertz CT molecular complexity index is 854. The molecule has 0 spiro atoms. The number of amides is 1. The van der Waals surface area contributed by atoms with Crippen LogP contribution in [-0.4, -0.2) is 21.9 Å². The molecule has 6 heteroatoms. The Kier molecular flexibility index (Phi) is 3.46. The minimum absolute atomic E-state index is 0.397. The number of rotatable bonds is 5. The average Bonchev–Trinajstić information content (AvgIpc) is 3.29. The lowest BCUT2D eigenvalue weighted by molar-refractivity contribution is 0.100. The molecule has 1 amide bonds. The van der Waals surface area contributed by atoms with Crippen molar-refractivity contribution in [2.24, 2.45) is 5.73 Å². The maximum Gasteiger partial charge on any atom is 0.248 e. The zero-order valence-electron chi connectivity index (χ0n) is 12.5. The van der Waals surface area contributed by atoms with Crippen LogP contribution in [0.3, 0.4) is 0 Å². The van der Waals surface area contributed by atoms with Gasteiger partial charge in [0.1, 0.15) is 17.0 Å². The Balaban J connectivity index is 1.66. The van der Waals surface area contributed by atoms with E-state index >= 15 is 0 Å². The second-order valence-electron chi connectivity index (χ2n) is 5.76. The highest BCUT2D eigenvalue weighted by Gasteiger charge is 2.31. The summed E-state index contributed by atoms with van der Waals surface area (Å²) < 4.78 is 0. The lowest BCUT2D eigenvalue weighted by atomic mass is 10.1. The summed E-state index contributed by atoms with van der Waals surface area (Å²) in [6, 6.07) is 10.1. The van der Waals surface area contributed by atoms with Crippen molar-refractivity contribution in [1.29, 1.82) is 0 Å². The minimum Gasteiger partial charge on any atom is -0.366 e. The molecule has 23 heavy (non-hydrogen) atoms. The summed E-state index contributed by atoms with van der Waals surface area (Å²) in [4.78, 5) is 23.4. The Labute approximate surface area is 137 Å². The van der Waals surface area contributed by atoms with E-state index in [1.54, 1.807) is 29.8 Å². The van der Waals surface area contributed by atoms with Crippen LogP contribution in [-0.2, 0) is 6.54 Å². The number of hydrogen-bond acceptors (Lipinski definition) is 5. The molecule has 116 valence electrons. The van der Waals surface area contributed by atoms with Crippen LogP contribution in [0.25, 0.3) is 10.2 Å². The van der Waals surface area contributed by atoms with Gasteiger partial charge in [-0.3, -0.25) is 4.79 Å². The fourth-order valence-corrected chi connectivity index (χ4v) is 3.47. The molecule has 1 aliphatic rings. The summed E-state index contributed by atoms with van der Waals surface area (Å²) in [5, 5.41) is 3.16. The van der Waals surface area contributed by atoms with Gasteiger partial charge in [0.05, 0.1) is 5.39 Å². The van der Waals surface area contributed by atoms with Crippen molar-refractivity contribution in [3.8, 4) is 0 Å². The van der Waals surface area contributed by atoms with Gasteiger partial charge in [-0.05, 0) is 42.0 Å². The van der Waals surface area contributed by atoms with E-state index in [2.05, 4.69) is 26.3 Å². The number of nitrogens with zero attached hydrogens (tertiary/aromatic N) is 3. The molecule has 1 saturated carbocycles. The molecule has 2 N–H and O–H groups in total. The van der Waals surface area contributed by atoms with Gasteiger partial charge in [-0.15, -0.1) is 11.3 Å². The van der Waals surface area contributed by atoms with Gasteiger partial charge in [-0.1, -0.05) is 12.1 Å². The van der Waals surface area contributed by atoms with Crippen molar-refractivity contribution >= 4 is 33.3 Å². The number of anilines is 1. The number of nitrogens with two attached hydrogens (primary N) is 1. The Morgan fingerprint density at radius 3 is 2.70 bits per heavy atom. The summed E-state index contributed by atoms with van der Waals surface area (Å²) >= 11 is 1.63. The molecule has 0 radical (unpaired) electrons. The summed E-state index contributed by atoms with van der Waals surface area (Å²) in [7, 11) is 0. The molecule has 4 rings (SSSR count). The largest absolute Gasteiger partial charge is 0.366 e. The predicted molar refractivity (Wildman–Crippen MR) is 91.6 cm³/mol. The molecule has 0 aliphatic heterocycles. The Hall–Kier alpha value is -2.47. The molecular weight excluding hydrogens is 308 g/mol. The summed E-state index contributed by atoms with van der Waals surface area (Å²) in [6.45, 7) is 0.770. The number of aromatic nitrogens is 2. The number of carbonyl (C=O) groups is 1. The highest BCUT2D eigenvalue weighted by atomic mass is 32.1. The van der Waals surface area contributed by atoms with Crippen LogP contribution in [0.1, 0.15) is 28.8 Å². The Morgan fingerprint density at radius 1 is 1.22 bits per heavy atom. The van der Waals surface area contributed by atoms with E-state index < -0.39 is 5.91 Å². The molecule has 2 heterocycles. The number of carbonyl (C=O) groups excluding carboxylic acids is 1. The summed E-state index contributed by atoms with van der Waals surface area (Å²) in [6.07, 6.45) is 4.02. The van der Waals surface area contributed by atoms with Crippen LogP contribution in [0.4, 0.5) is 5.82 Å². The fraction of sp³-hybridized carbons (Fsp3) is 0.235. The summed E-state index contributed by atoms with van der Waals surface area (Å²) in [5.41, 5.74) is 6.98. The third kappa shape index (κ3) is 2.77. The van der Waals surface area contributed by atoms with Crippen molar-refractivity contribution in [3.05, 3.63) is 53.2 Å². The predicted octanol–water partition coefficient (Wildman–Crippen LogP) is 2.96. The van der Waals surface area contributed by atoms with E-state index in [1.807, 2.05) is 12.1 Å². The van der Waals surface area contributed by atoms with Gasteiger partial charge >= 0.3 is 0 Å². The van der Waals surface area contributed by atoms with E-state index in [0.29, 0.717) is 11.6 Å². The second kappa shape index (κ2) is 5.62. The summed E-state index contributed by atoms with van der Waals surface area (Å²) in [5.74, 6) is 0.601. The number of benzene rings is 1. The van der Waals surface area contributed by atoms with Gasteiger partial charge in [0.25, 0.3) is 0 Å². The molecule has 5 nitrogen and oxygen atoms in total. The van der Waals surface area contributed by atoms with Gasteiger partial charge in [0, 0.05) is 18.2 Å². The molecule has 1 aromatic carbocycles. The lowest BCUT2D eigenvalue weighted by Gasteiger charge is -2.24. The first-order chi connectivity index (χ1) is 11.2. The normalized spacial score (nSPS) is 14.1. The van der Waals surface area contributed by atoms with Crippen molar-refractivity contribution in [1.82, 2.24) is 9.97 Å². The van der Waals surface area contributed by atoms with E-state index in [9.17, 15) is 4.79 Å². The third-order valence-corrected chi connectivity index (χ3v) is 4.91. The monoisotopic (exact) mass is 324 g/mol. The zero-order valence-corrected chi connectivity index (χ0v) is 13.3. The standard InChI is InChI=1S/C17H16N4OS/c18-15(22)12-3-1-11(2-4-12)9-21(13-5-6-13)16-14-7-8-23-17(14)20-10-19-16/h1-4,7-8,10,13H,5-6,9H2,(H2,18,22). The van der Waals surface area contributed by atoms with Gasteiger partial charge in [0.15, 0.2) is 0 Å². The molecule has 2 aromatic heterocycles. The molecule has 0 saturated heterocycles. The van der Waals surface area contributed by atoms with E-state index in [1.165, 1.54) is 12.8 Å². The lowest BCUT2D eigenvalue weighted by Crippen LogP contribution is -2.26. The highest BCUT2D eigenvalue weighted by Crippen LogP contribution is 2.36. The van der Waals surface area contributed by atoms with Crippen LogP contribution in [0.2, 0.25) is 0 Å². The van der Waals surface area contributed by atoms with Crippen molar-refractivity contribution in [3.63, 3.8) is 0 Å². The molecule has 1 fully saturated rings. The van der Waals surface area contributed by atoms with Gasteiger partial charge < -0.3 is 10.6 Å². The van der Waals surface area contributed by atoms with Crippen molar-refractivity contribution in [2.75, 3.05) is 4.90 Å². The number of hydrogen-bond donors (Lipinski definition) is 1. The maximum atomic E-state index is 11.2. The SMILES string of the molecule is NC(=O)c1ccc(CN(c2ncnc3sccc23)C2CC2)cc1. The van der Waals surface area contributed by atoms with Crippen LogP contribution in [0.15, 0.2) is 42.0 Å². The fourth-order valence-electron chi connectivity index (χ4n) is 2.74. The first kappa shape index (κ1) is 14.1. The first-order valence-electron chi connectivity index (χ1n) is 7.56. The van der Waals surface area contributed by atoms with E-state index in [4.69, 9.17) is 5.73 Å². The number of fused-ring (bicyclic) bond motifs is 1. The van der Waals surface area contributed by atoms with Gasteiger partial charge in [-0.2, -0.15) is 0 Å². The minimum atomic E-state index is -0.397. The molecule has 1 aliphatic carbocycles.